The zero-order valence-electron chi connectivity index (χ0n) is 21.7. The number of fused-ring (bicyclic) bond motifs is 3. The summed E-state index contributed by atoms with van der Waals surface area (Å²) in [5.41, 5.74) is 4.02. The van der Waals surface area contributed by atoms with Gasteiger partial charge in [0, 0.05) is 30.7 Å². The first-order valence-electron chi connectivity index (χ1n) is 12.8. The lowest BCUT2D eigenvalue weighted by Crippen LogP contribution is -2.20. The van der Waals surface area contributed by atoms with Crippen LogP contribution in [-0.2, 0) is 17.6 Å². The van der Waals surface area contributed by atoms with Crippen molar-refractivity contribution in [3.05, 3.63) is 83.2 Å². The van der Waals surface area contributed by atoms with Crippen molar-refractivity contribution in [3.63, 3.8) is 0 Å². The highest BCUT2D eigenvalue weighted by Crippen LogP contribution is 2.37. The molecule has 1 atom stereocenters. The molecule has 0 radical (unpaired) electrons. The number of amides is 1. The van der Waals surface area contributed by atoms with Gasteiger partial charge in [0.25, 0.3) is 5.91 Å². The zero-order valence-corrected chi connectivity index (χ0v) is 21.7. The molecule has 0 fully saturated rings. The average molecular weight is 511 g/mol. The third kappa shape index (κ3) is 4.77. The van der Waals surface area contributed by atoms with Crippen LogP contribution in [0.1, 0.15) is 40.9 Å². The number of rotatable bonds is 8. The molecule has 8 heteroatoms. The maximum absolute atomic E-state index is 13.2. The van der Waals surface area contributed by atoms with Crippen molar-refractivity contribution >= 4 is 40.0 Å². The highest BCUT2D eigenvalue weighted by Gasteiger charge is 2.28. The van der Waals surface area contributed by atoms with E-state index >= 15 is 0 Å². The van der Waals surface area contributed by atoms with Gasteiger partial charge in [0.05, 0.1) is 23.8 Å². The molecule has 0 aliphatic carbocycles. The van der Waals surface area contributed by atoms with Crippen LogP contribution in [-0.4, -0.2) is 40.1 Å². The summed E-state index contributed by atoms with van der Waals surface area (Å²) >= 11 is 0. The van der Waals surface area contributed by atoms with E-state index in [1.165, 1.54) is 0 Å². The van der Waals surface area contributed by atoms with E-state index in [1.807, 2.05) is 67.3 Å². The number of hydrogen-bond acceptors (Lipinski definition) is 6. The molecule has 194 valence electrons. The van der Waals surface area contributed by atoms with Crippen LogP contribution in [0.25, 0.3) is 10.8 Å². The lowest BCUT2D eigenvalue weighted by Gasteiger charge is -2.22. The second-order valence-electron chi connectivity index (χ2n) is 9.55. The summed E-state index contributed by atoms with van der Waals surface area (Å²) in [7, 11) is 0. The highest BCUT2D eigenvalue weighted by molar-refractivity contribution is 6.11. The Balaban J connectivity index is 1.35. The summed E-state index contributed by atoms with van der Waals surface area (Å²) in [4.78, 5) is 35.6. The van der Waals surface area contributed by atoms with Crippen molar-refractivity contribution in [2.24, 2.45) is 5.92 Å². The molecule has 4 aromatic rings. The number of carbonyl (C=O) groups excluding carboxylic acids is 1. The van der Waals surface area contributed by atoms with Gasteiger partial charge in [0.1, 0.15) is 11.6 Å². The molecule has 1 aliphatic heterocycles. The van der Waals surface area contributed by atoms with Crippen LogP contribution in [0, 0.1) is 12.8 Å². The van der Waals surface area contributed by atoms with Crippen molar-refractivity contribution in [2.45, 2.75) is 33.6 Å². The number of carboxylic acid groups (broad SMARTS) is 1. The fraction of sp³-hybridized carbons (Fsp3) is 0.267. The largest absolute Gasteiger partial charge is 0.493 e. The Labute approximate surface area is 221 Å². The molecule has 1 unspecified atom stereocenters. The normalized spacial score (nSPS) is 13.3. The SMILES string of the molecule is CCN1c2ncc(CCOc3ccc(CC(C)C(=O)O)c4ccccc34)cc2C(=O)Nc2c(C)ccnc21. The molecule has 38 heavy (non-hydrogen) atoms. The molecule has 0 saturated carbocycles. The zero-order chi connectivity index (χ0) is 26.8. The van der Waals surface area contributed by atoms with Crippen LogP contribution in [0.3, 0.4) is 0 Å². The molecule has 2 aromatic heterocycles. The third-order valence-corrected chi connectivity index (χ3v) is 6.94. The number of aromatic nitrogens is 2. The smallest absolute Gasteiger partial charge is 0.306 e. The van der Waals surface area contributed by atoms with Crippen molar-refractivity contribution in [1.29, 1.82) is 0 Å². The van der Waals surface area contributed by atoms with E-state index in [1.54, 1.807) is 19.3 Å². The lowest BCUT2D eigenvalue weighted by molar-refractivity contribution is -0.141. The molecular formula is C30H30N4O4. The maximum Gasteiger partial charge on any atom is 0.306 e. The predicted octanol–water partition coefficient (Wildman–Crippen LogP) is 5.55. The van der Waals surface area contributed by atoms with E-state index in [0.717, 1.165) is 33.2 Å². The van der Waals surface area contributed by atoms with Crippen molar-refractivity contribution in [2.75, 3.05) is 23.4 Å². The topological polar surface area (TPSA) is 105 Å². The monoisotopic (exact) mass is 510 g/mol. The summed E-state index contributed by atoms with van der Waals surface area (Å²) in [5.74, 6) is 0.525. The number of benzene rings is 2. The first kappa shape index (κ1) is 25.2. The van der Waals surface area contributed by atoms with Gasteiger partial charge in [-0.05, 0) is 60.5 Å². The molecular weight excluding hydrogens is 480 g/mol. The summed E-state index contributed by atoms with van der Waals surface area (Å²) < 4.78 is 6.17. The number of nitrogens with one attached hydrogen (secondary N) is 1. The van der Waals surface area contributed by atoms with Gasteiger partial charge in [0.15, 0.2) is 5.82 Å². The standard InChI is InChI=1S/C30H30N4O4/c1-4-34-27-24(29(35)33-26-18(2)11-13-31-28(26)34)16-20(17-32-27)12-14-38-25-10-9-21(15-19(3)30(36)37)22-7-5-6-8-23(22)25/h5-11,13,16-17,19H,4,12,14-15H2,1-3H3,(H,33,35)(H,36,37). The van der Waals surface area contributed by atoms with Crippen LogP contribution >= 0.6 is 0 Å². The molecule has 3 heterocycles. The molecule has 1 aliphatic rings. The molecule has 1 amide bonds. The number of anilines is 3. The van der Waals surface area contributed by atoms with Crippen molar-refractivity contribution < 1.29 is 19.4 Å². The maximum atomic E-state index is 13.2. The fourth-order valence-electron chi connectivity index (χ4n) is 4.84. The van der Waals surface area contributed by atoms with Gasteiger partial charge < -0.3 is 20.1 Å². The summed E-state index contributed by atoms with van der Waals surface area (Å²) in [6.07, 6.45) is 4.54. The van der Waals surface area contributed by atoms with Gasteiger partial charge in [-0.3, -0.25) is 9.59 Å². The molecule has 0 saturated heterocycles. The second kappa shape index (κ2) is 10.5. The molecule has 8 nitrogen and oxygen atoms in total. The molecule has 0 bridgehead atoms. The summed E-state index contributed by atoms with van der Waals surface area (Å²) in [6, 6.07) is 15.5. The van der Waals surface area contributed by atoms with E-state index in [0.29, 0.717) is 48.9 Å². The molecule has 2 N–H and O–H groups in total. The van der Waals surface area contributed by atoms with Gasteiger partial charge in [-0.1, -0.05) is 37.3 Å². The van der Waals surface area contributed by atoms with Gasteiger partial charge >= 0.3 is 5.97 Å². The number of nitrogens with zero attached hydrogens (tertiary/aromatic N) is 3. The molecule has 0 spiro atoms. The van der Waals surface area contributed by atoms with E-state index in [2.05, 4.69) is 15.3 Å². The van der Waals surface area contributed by atoms with Crippen LogP contribution in [0.5, 0.6) is 5.75 Å². The fourth-order valence-corrected chi connectivity index (χ4v) is 4.84. The van der Waals surface area contributed by atoms with E-state index in [9.17, 15) is 14.7 Å². The Kier molecular flexibility index (Phi) is 6.96. The summed E-state index contributed by atoms with van der Waals surface area (Å²) in [6.45, 7) is 6.69. The number of carboxylic acids is 1. The predicted molar refractivity (Wildman–Crippen MR) is 147 cm³/mol. The molecule has 5 rings (SSSR count). The Bertz CT molecular complexity index is 1530. The van der Waals surface area contributed by atoms with Crippen molar-refractivity contribution in [3.8, 4) is 5.75 Å². The molecule has 2 aromatic carbocycles. The minimum Gasteiger partial charge on any atom is -0.493 e. The van der Waals surface area contributed by atoms with Gasteiger partial charge in [-0.2, -0.15) is 0 Å². The minimum absolute atomic E-state index is 0.208. The number of aryl methyl sites for hydroxylation is 1. The highest BCUT2D eigenvalue weighted by atomic mass is 16.5. The van der Waals surface area contributed by atoms with Crippen LogP contribution < -0.4 is 15.0 Å². The van der Waals surface area contributed by atoms with Crippen LogP contribution in [0.2, 0.25) is 0 Å². The Hall–Kier alpha value is -4.46. The average Bonchev–Trinajstić information content (AvgIpc) is 3.04. The Morgan fingerprint density at radius 1 is 1.11 bits per heavy atom. The first-order chi connectivity index (χ1) is 18.4. The summed E-state index contributed by atoms with van der Waals surface area (Å²) in [5, 5.41) is 14.3. The Morgan fingerprint density at radius 3 is 2.66 bits per heavy atom. The number of pyridine rings is 2. The van der Waals surface area contributed by atoms with E-state index < -0.39 is 11.9 Å². The number of hydrogen-bond donors (Lipinski definition) is 2. The third-order valence-electron chi connectivity index (χ3n) is 6.94. The van der Waals surface area contributed by atoms with Crippen LogP contribution in [0.15, 0.2) is 60.9 Å². The number of carbonyl (C=O) groups is 2. The van der Waals surface area contributed by atoms with Crippen LogP contribution in [0.4, 0.5) is 17.3 Å². The van der Waals surface area contributed by atoms with Gasteiger partial charge in [-0.25, -0.2) is 9.97 Å². The van der Waals surface area contributed by atoms with Crippen molar-refractivity contribution in [1.82, 2.24) is 9.97 Å². The lowest BCUT2D eigenvalue weighted by atomic mass is 9.95. The van der Waals surface area contributed by atoms with Gasteiger partial charge in [-0.15, -0.1) is 0 Å². The number of ether oxygens (including phenoxy) is 1. The Morgan fingerprint density at radius 2 is 1.89 bits per heavy atom. The second-order valence-corrected chi connectivity index (χ2v) is 9.55. The number of aliphatic carboxylic acids is 1. The quantitative estimate of drug-likeness (QED) is 0.320. The van der Waals surface area contributed by atoms with E-state index in [4.69, 9.17) is 4.74 Å². The minimum atomic E-state index is -0.810. The van der Waals surface area contributed by atoms with Gasteiger partial charge in [0.2, 0.25) is 0 Å². The first-order valence-corrected chi connectivity index (χ1v) is 12.8. The van der Waals surface area contributed by atoms with E-state index in [-0.39, 0.29) is 5.91 Å².